The summed E-state index contributed by atoms with van der Waals surface area (Å²) in [5, 5.41) is 2.37. The number of rotatable bonds is 7. The number of sulfonamides is 1. The molecular formula is C11H22N2O4S. The molecule has 6 nitrogen and oxygen atoms in total. The Bertz CT molecular complexity index is 390. The molecule has 0 aliphatic heterocycles. The van der Waals surface area contributed by atoms with E-state index in [4.69, 9.17) is 0 Å². The number of carbonyl (C=O) groups is 2. The predicted molar refractivity (Wildman–Crippen MR) is 69.2 cm³/mol. The molecule has 1 atom stereocenters. The van der Waals surface area contributed by atoms with Crippen molar-refractivity contribution in [3.63, 3.8) is 0 Å². The lowest BCUT2D eigenvalue weighted by Gasteiger charge is -2.18. The largest absolute Gasteiger partial charge is 0.355 e. The van der Waals surface area contributed by atoms with Crippen molar-refractivity contribution in [2.45, 2.75) is 34.1 Å². The van der Waals surface area contributed by atoms with Crippen LogP contribution in [-0.2, 0) is 19.6 Å². The fourth-order valence-corrected chi connectivity index (χ4v) is 2.53. The van der Waals surface area contributed by atoms with E-state index in [1.165, 1.54) is 6.92 Å². The molecule has 0 aromatic rings. The predicted octanol–water partition coefficient (Wildman–Crippen LogP) is 0.251. The van der Waals surface area contributed by atoms with Gasteiger partial charge < -0.3 is 5.32 Å². The molecule has 1 unspecified atom stereocenters. The average Bonchev–Trinajstić information content (AvgIpc) is 2.15. The van der Waals surface area contributed by atoms with E-state index in [-0.39, 0.29) is 30.0 Å². The standard InChI is InChI=1S/C11H22N2O4S/c1-5-10(8(2)3)11(15)13-18(16,17)7-6-12-9(4)14/h8,10H,5-7H2,1-4H3,(H,12,14)(H,13,15). The Balaban J connectivity index is 4.39. The normalized spacial score (nSPS) is 13.2. The average molecular weight is 278 g/mol. The van der Waals surface area contributed by atoms with Crippen LogP contribution in [0.5, 0.6) is 0 Å². The van der Waals surface area contributed by atoms with Gasteiger partial charge in [-0.1, -0.05) is 20.8 Å². The number of hydrogen-bond donors (Lipinski definition) is 2. The van der Waals surface area contributed by atoms with Crippen molar-refractivity contribution in [3.05, 3.63) is 0 Å². The van der Waals surface area contributed by atoms with Gasteiger partial charge in [0.25, 0.3) is 0 Å². The Hall–Kier alpha value is -1.11. The van der Waals surface area contributed by atoms with Crippen molar-refractivity contribution >= 4 is 21.8 Å². The molecule has 18 heavy (non-hydrogen) atoms. The third-order valence-corrected chi connectivity index (χ3v) is 3.84. The van der Waals surface area contributed by atoms with E-state index in [0.717, 1.165) is 0 Å². The smallest absolute Gasteiger partial charge is 0.236 e. The summed E-state index contributed by atoms with van der Waals surface area (Å²) in [5.74, 6) is -1.31. The van der Waals surface area contributed by atoms with E-state index in [2.05, 4.69) is 5.32 Å². The summed E-state index contributed by atoms with van der Waals surface area (Å²) in [6, 6.07) is 0. The van der Waals surface area contributed by atoms with Gasteiger partial charge in [0.15, 0.2) is 0 Å². The van der Waals surface area contributed by atoms with Crippen LogP contribution in [0.25, 0.3) is 0 Å². The molecule has 0 fully saturated rings. The minimum Gasteiger partial charge on any atom is -0.355 e. The molecule has 106 valence electrons. The van der Waals surface area contributed by atoms with Crippen molar-refractivity contribution in [1.82, 2.24) is 10.0 Å². The molecule has 2 N–H and O–H groups in total. The summed E-state index contributed by atoms with van der Waals surface area (Å²) in [4.78, 5) is 22.4. The van der Waals surface area contributed by atoms with Gasteiger partial charge in [0.1, 0.15) is 0 Å². The summed E-state index contributed by atoms with van der Waals surface area (Å²) < 4.78 is 25.2. The molecule has 0 aromatic carbocycles. The Morgan fingerprint density at radius 2 is 1.78 bits per heavy atom. The van der Waals surface area contributed by atoms with E-state index < -0.39 is 15.9 Å². The molecule has 0 saturated carbocycles. The van der Waals surface area contributed by atoms with Crippen LogP contribution in [-0.4, -0.2) is 32.5 Å². The fraction of sp³-hybridized carbons (Fsp3) is 0.818. The lowest BCUT2D eigenvalue weighted by Crippen LogP contribution is -2.41. The molecule has 0 aliphatic rings. The lowest BCUT2D eigenvalue weighted by atomic mass is 9.93. The Morgan fingerprint density at radius 1 is 1.22 bits per heavy atom. The molecule has 0 spiro atoms. The summed E-state index contributed by atoms with van der Waals surface area (Å²) in [6.07, 6.45) is 0.588. The molecule has 0 aliphatic carbocycles. The first-order valence-corrected chi connectivity index (χ1v) is 7.63. The van der Waals surface area contributed by atoms with E-state index in [0.29, 0.717) is 6.42 Å². The Labute approximate surface area is 109 Å². The minimum absolute atomic E-state index is 0.00355. The summed E-state index contributed by atoms with van der Waals surface area (Å²) >= 11 is 0. The first kappa shape index (κ1) is 16.9. The van der Waals surface area contributed by atoms with Crippen LogP contribution in [0.2, 0.25) is 0 Å². The number of hydrogen-bond acceptors (Lipinski definition) is 4. The minimum atomic E-state index is -3.68. The lowest BCUT2D eigenvalue weighted by molar-refractivity contribution is -0.124. The summed E-state index contributed by atoms with van der Waals surface area (Å²) in [5.41, 5.74) is 0. The van der Waals surface area contributed by atoms with E-state index >= 15 is 0 Å². The van der Waals surface area contributed by atoms with E-state index in [1.807, 2.05) is 25.5 Å². The third kappa shape index (κ3) is 6.58. The van der Waals surface area contributed by atoms with Gasteiger partial charge in [0.05, 0.1) is 5.75 Å². The zero-order valence-corrected chi connectivity index (χ0v) is 12.1. The molecule has 7 heteroatoms. The van der Waals surface area contributed by atoms with Crippen LogP contribution < -0.4 is 10.0 Å². The Morgan fingerprint density at radius 3 is 2.17 bits per heavy atom. The van der Waals surface area contributed by atoms with Crippen LogP contribution in [0.4, 0.5) is 0 Å². The van der Waals surface area contributed by atoms with Gasteiger partial charge in [-0.2, -0.15) is 0 Å². The summed E-state index contributed by atoms with van der Waals surface area (Å²) in [6.45, 7) is 6.89. The zero-order valence-electron chi connectivity index (χ0n) is 11.3. The molecule has 2 amide bonds. The first-order valence-electron chi connectivity index (χ1n) is 5.98. The quantitative estimate of drug-likeness (QED) is 0.698. The van der Waals surface area contributed by atoms with E-state index in [1.54, 1.807) is 0 Å². The van der Waals surface area contributed by atoms with Gasteiger partial charge in [-0.05, 0) is 12.3 Å². The molecule has 0 aromatic heterocycles. The highest BCUT2D eigenvalue weighted by molar-refractivity contribution is 7.90. The van der Waals surface area contributed by atoms with Gasteiger partial charge in [-0.15, -0.1) is 0 Å². The second-order valence-electron chi connectivity index (χ2n) is 4.53. The molecule has 0 rings (SSSR count). The van der Waals surface area contributed by atoms with Crippen molar-refractivity contribution in [3.8, 4) is 0 Å². The number of nitrogens with one attached hydrogen (secondary N) is 2. The monoisotopic (exact) mass is 278 g/mol. The van der Waals surface area contributed by atoms with Crippen LogP contribution >= 0.6 is 0 Å². The molecule has 0 bridgehead atoms. The SMILES string of the molecule is CCC(C(=O)NS(=O)(=O)CCNC(C)=O)C(C)C. The Kier molecular flexibility index (Phi) is 6.90. The maximum Gasteiger partial charge on any atom is 0.236 e. The van der Waals surface area contributed by atoms with Gasteiger partial charge in [0.2, 0.25) is 21.8 Å². The molecular weight excluding hydrogens is 256 g/mol. The summed E-state index contributed by atoms with van der Waals surface area (Å²) in [7, 11) is -3.68. The highest BCUT2D eigenvalue weighted by Gasteiger charge is 2.24. The topological polar surface area (TPSA) is 92.3 Å². The van der Waals surface area contributed by atoms with Crippen LogP contribution in [0.1, 0.15) is 34.1 Å². The van der Waals surface area contributed by atoms with Crippen molar-refractivity contribution in [2.24, 2.45) is 11.8 Å². The van der Waals surface area contributed by atoms with Gasteiger partial charge >= 0.3 is 0 Å². The third-order valence-electron chi connectivity index (χ3n) is 2.58. The van der Waals surface area contributed by atoms with Crippen LogP contribution in [0.3, 0.4) is 0 Å². The maximum absolute atomic E-state index is 11.8. The second-order valence-corrected chi connectivity index (χ2v) is 6.37. The molecule has 0 heterocycles. The van der Waals surface area contributed by atoms with Gasteiger partial charge in [-0.3, -0.25) is 14.3 Å². The number of amides is 2. The second kappa shape index (κ2) is 7.35. The highest BCUT2D eigenvalue weighted by atomic mass is 32.2. The number of carbonyl (C=O) groups excluding carboxylic acids is 2. The van der Waals surface area contributed by atoms with Crippen molar-refractivity contribution in [1.29, 1.82) is 0 Å². The zero-order chi connectivity index (χ0) is 14.3. The molecule has 0 saturated heterocycles. The van der Waals surface area contributed by atoms with Gasteiger partial charge in [-0.25, -0.2) is 8.42 Å². The van der Waals surface area contributed by atoms with Crippen molar-refractivity contribution in [2.75, 3.05) is 12.3 Å². The van der Waals surface area contributed by atoms with E-state index in [9.17, 15) is 18.0 Å². The fourth-order valence-electron chi connectivity index (χ4n) is 1.60. The first-order chi connectivity index (χ1) is 8.19. The van der Waals surface area contributed by atoms with Crippen LogP contribution in [0, 0.1) is 11.8 Å². The van der Waals surface area contributed by atoms with Crippen molar-refractivity contribution < 1.29 is 18.0 Å². The van der Waals surface area contributed by atoms with Crippen LogP contribution in [0.15, 0.2) is 0 Å². The maximum atomic E-state index is 11.8. The van der Waals surface area contributed by atoms with Gasteiger partial charge in [0, 0.05) is 19.4 Å². The molecule has 0 radical (unpaired) electrons. The highest BCUT2D eigenvalue weighted by Crippen LogP contribution is 2.14.